The van der Waals surface area contributed by atoms with Crippen molar-refractivity contribution in [3.63, 3.8) is 0 Å². The lowest BCUT2D eigenvalue weighted by molar-refractivity contribution is 0.819. The monoisotopic (exact) mass is 276 g/mol. The van der Waals surface area contributed by atoms with Gasteiger partial charge in [0.15, 0.2) is 0 Å². The molecule has 0 unspecified atom stereocenters. The molecule has 1 aromatic carbocycles. The molecular formula is C17H16N4. The zero-order chi connectivity index (χ0) is 14.7. The van der Waals surface area contributed by atoms with Gasteiger partial charge in [0.2, 0.25) is 0 Å². The van der Waals surface area contributed by atoms with Gasteiger partial charge in [-0.15, -0.1) is 0 Å². The molecule has 0 atom stereocenters. The lowest BCUT2D eigenvalue weighted by atomic mass is 10.1. The van der Waals surface area contributed by atoms with E-state index in [1.165, 1.54) is 16.5 Å². The first kappa shape index (κ1) is 13.3. The number of aromatic nitrogens is 2. The molecule has 0 aliphatic heterocycles. The molecule has 2 aromatic heterocycles. The summed E-state index contributed by atoms with van der Waals surface area (Å²) < 4.78 is 2.16. The Balaban J connectivity index is 2.02. The first-order chi connectivity index (χ1) is 10.3. The van der Waals surface area contributed by atoms with Gasteiger partial charge in [-0.2, -0.15) is 5.26 Å². The van der Waals surface area contributed by atoms with E-state index < -0.39 is 0 Å². The largest absolute Gasteiger partial charge is 0.343 e. The Bertz CT molecular complexity index is 811. The minimum Gasteiger partial charge on any atom is -0.343 e. The Morgan fingerprint density at radius 2 is 2.05 bits per heavy atom. The highest BCUT2D eigenvalue weighted by molar-refractivity contribution is 5.83. The highest BCUT2D eigenvalue weighted by Gasteiger charge is 2.08. The standard InChI is InChI=1S/C17H16N4/c1-19-11-13-4-2-6-17-15(13)7-9-21(17)12-14-5-3-8-20-16(14)10-18/h2-9,19H,11-12H2,1H3. The van der Waals surface area contributed by atoms with Gasteiger partial charge >= 0.3 is 0 Å². The Labute approximate surface area is 123 Å². The van der Waals surface area contributed by atoms with Crippen LogP contribution < -0.4 is 5.32 Å². The van der Waals surface area contributed by atoms with E-state index in [4.69, 9.17) is 5.26 Å². The van der Waals surface area contributed by atoms with E-state index in [2.05, 4.69) is 51.4 Å². The van der Waals surface area contributed by atoms with Gasteiger partial charge in [-0.25, -0.2) is 4.98 Å². The fourth-order valence-electron chi connectivity index (χ4n) is 2.62. The van der Waals surface area contributed by atoms with Crippen LogP contribution in [0.3, 0.4) is 0 Å². The second-order valence-electron chi connectivity index (χ2n) is 4.95. The molecule has 0 radical (unpaired) electrons. The second kappa shape index (κ2) is 5.78. The van der Waals surface area contributed by atoms with Crippen LogP contribution in [-0.4, -0.2) is 16.6 Å². The molecule has 0 amide bonds. The summed E-state index contributed by atoms with van der Waals surface area (Å²) >= 11 is 0. The third-order valence-corrected chi connectivity index (χ3v) is 3.61. The van der Waals surface area contributed by atoms with E-state index in [9.17, 15) is 0 Å². The van der Waals surface area contributed by atoms with Crippen molar-refractivity contribution in [1.82, 2.24) is 14.9 Å². The quantitative estimate of drug-likeness (QED) is 0.797. The number of pyridine rings is 1. The van der Waals surface area contributed by atoms with Crippen LogP contribution in [0.4, 0.5) is 0 Å². The number of benzene rings is 1. The van der Waals surface area contributed by atoms with Gasteiger partial charge in [-0.3, -0.25) is 0 Å². The topological polar surface area (TPSA) is 53.6 Å². The molecule has 0 aliphatic rings. The number of fused-ring (bicyclic) bond motifs is 1. The first-order valence-corrected chi connectivity index (χ1v) is 6.89. The van der Waals surface area contributed by atoms with E-state index >= 15 is 0 Å². The summed E-state index contributed by atoms with van der Waals surface area (Å²) in [6.07, 6.45) is 3.72. The summed E-state index contributed by atoms with van der Waals surface area (Å²) in [7, 11) is 1.95. The zero-order valence-corrected chi connectivity index (χ0v) is 11.9. The molecule has 104 valence electrons. The fourth-order valence-corrected chi connectivity index (χ4v) is 2.62. The SMILES string of the molecule is CNCc1cccc2c1ccn2Cc1cccnc1C#N. The van der Waals surface area contributed by atoms with Gasteiger partial charge in [-0.1, -0.05) is 18.2 Å². The van der Waals surface area contributed by atoms with Crippen molar-refractivity contribution in [2.45, 2.75) is 13.1 Å². The molecular weight excluding hydrogens is 260 g/mol. The predicted octanol–water partition coefficient (Wildman–Crippen LogP) is 2.68. The second-order valence-corrected chi connectivity index (χ2v) is 4.95. The molecule has 1 N–H and O–H groups in total. The van der Waals surface area contributed by atoms with Crippen molar-refractivity contribution >= 4 is 10.9 Å². The zero-order valence-electron chi connectivity index (χ0n) is 11.9. The van der Waals surface area contributed by atoms with Crippen LogP contribution in [0.25, 0.3) is 10.9 Å². The van der Waals surface area contributed by atoms with Crippen molar-refractivity contribution in [1.29, 1.82) is 5.26 Å². The maximum Gasteiger partial charge on any atom is 0.145 e. The number of nitrogens with zero attached hydrogens (tertiary/aromatic N) is 3. The van der Waals surface area contributed by atoms with E-state index in [0.29, 0.717) is 12.2 Å². The van der Waals surface area contributed by atoms with Crippen LogP contribution in [0.2, 0.25) is 0 Å². The normalized spacial score (nSPS) is 10.7. The van der Waals surface area contributed by atoms with Crippen molar-refractivity contribution in [3.8, 4) is 6.07 Å². The Kier molecular flexibility index (Phi) is 3.67. The highest BCUT2D eigenvalue weighted by Crippen LogP contribution is 2.21. The van der Waals surface area contributed by atoms with Gasteiger partial charge in [-0.05, 0) is 30.8 Å². The van der Waals surface area contributed by atoms with Crippen LogP contribution in [0, 0.1) is 11.3 Å². The number of hydrogen-bond acceptors (Lipinski definition) is 3. The molecule has 0 bridgehead atoms. The minimum atomic E-state index is 0.491. The summed E-state index contributed by atoms with van der Waals surface area (Å²) in [4.78, 5) is 4.12. The molecule has 0 saturated carbocycles. The Hall–Kier alpha value is -2.64. The summed E-state index contributed by atoms with van der Waals surface area (Å²) in [5.74, 6) is 0. The molecule has 0 aliphatic carbocycles. The summed E-state index contributed by atoms with van der Waals surface area (Å²) in [6.45, 7) is 1.50. The third-order valence-electron chi connectivity index (χ3n) is 3.61. The molecule has 2 heterocycles. The minimum absolute atomic E-state index is 0.491. The van der Waals surface area contributed by atoms with Gasteiger partial charge < -0.3 is 9.88 Å². The predicted molar refractivity (Wildman–Crippen MR) is 82.8 cm³/mol. The molecule has 3 rings (SSSR count). The van der Waals surface area contributed by atoms with Gasteiger partial charge in [0, 0.05) is 35.4 Å². The first-order valence-electron chi connectivity index (χ1n) is 6.89. The third kappa shape index (κ3) is 2.51. The highest BCUT2D eigenvalue weighted by atomic mass is 15.0. The average Bonchev–Trinajstić information content (AvgIpc) is 2.92. The maximum atomic E-state index is 9.14. The fraction of sp³-hybridized carbons (Fsp3) is 0.176. The van der Waals surface area contributed by atoms with Crippen molar-refractivity contribution in [2.24, 2.45) is 0 Å². The number of nitrogens with one attached hydrogen (secondary N) is 1. The Morgan fingerprint density at radius 1 is 1.19 bits per heavy atom. The molecule has 21 heavy (non-hydrogen) atoms. The van der Waals surface area contributed by atoms with Gasteiger partial charge in [0.1, 0.15) is 11.8 Å². The van der Waals surface area contributed by atoms with Gasteiger partial charge in [0.25, 0.3) is 0 Å². The average molecular weight is 276 g/mol. The van der Waals surface area contributed by atoms with Crippen LogP contribution in [-0.2, 0) is 13.1 Å². The van der Waals surface area contributed by atoms with Crippen LogP contribution >= 0.6 is 0 Å². The van der Waals surface area contributed by atoms with Gasteiger partial charge in [0.05, 0.1) is 6.54 Å². The lowest BCUT2D eigenvalue weighted by Gasteiger charge is -2.08. The smallest absolute Gasteiger partial charge is 0.145 e. The van der Waals surface area contributed by atoms with E-state index in [1.807, 2.05) is 19.2 Å². The lowest BCUT2D eigenvalue weighted by Crippen LogP contribution is -2.05. The van der Waals surface area contributed by atoms with Crippen LogP contribution in [0.15, 0.2) is 48.8 Å². The summed E-state index contributed by atoms with van der Waals surface area (Å²) in [5.41, 5.74) is 3.89. The molecule has 4 heteroatoms. The molecule has 3 aromatic rings. The van der Waals surface area contributed by atoms with E-state index in [1.54, 1.807) is 6.20 Å². The summed E-state index contributed by atoms with van der Waals surface area (Å²) in [6, 6.07) is 14.4. The number of nitriles is 1. The van der Waals surface area contributed by atoms with Crippen molar-refractivity contribution in [3.05, 3.63) is 65.6 Å². The Morgan fingerprint density at radius 3 is 2.86 bits per heavy atom. The molecule has 0 spiro atoms. The molecule has 4 nitrogen and oxygen atoms in total. The van der Waals surface area contributed by atoms with E-state index in [0.717, 1.165) is 12.1 Å². The van der Waals surface area contributed by atoms with Crippen molar-refractivity contribution < 1.29 is 0 Å². The number of rotatable bonds is 4. The maximum absolute atomic E-state index is 9.14. The van der Waals surface area contributed by atoms with Crippen LogP contribution in [0.5, 0.6) is 0 Å². The van der Waals surface area contributed by atoms with Crippen molar-refractivity contribution in [2.75, 3.05) is 7.05 Å². The molecule has 0 fully saturated rings. The molecule has 0 saturated heterocycles. The van der Waals surface area contributed by atoms with Crippen LogP contribution in [0.1, 0.15) is 16.8 Å². The summed E-state index contributed by atoms with van der Waals surface area (Å²) in [5, 5.41) is 13.6. The number of hydrogen-bond donors (Lipinski definition) is 1. The van der Waals surface area contributed by atoms with E-state index in [-0.39, 0.29) is 0 Å².